The molecule has 4 nitrogen and oxygen atoms in total. The van der Waals surface area contributed by atoms with Gasteiger partial charge < -0.3 is 15.4 Å². The largest absolute Gasteiger partial charge is 0.373 e. The molecule has 0 aromatic rings. The number of hydrogen-bond acceptors (Lipinski definition) is 3. The zero-order valence-corrected chi connectivity index (χ0v) is 8.75. The second kappa shape index (κ2) is 3.87. The molecule has 2 aliphatic heterocycles. The summed E-state index contributed by atoms with van der Waals surface area (Å²) >= 11 is 0. The Morgan fingerprint density at radius 1 is 1.43 bits per heavy atom. The quantitative estimate of drug-likeness (QED) is 0.651. The Kier molecular flexibility index (Phi) is 2.74. The van der Waals surface area contributed by atoms with E-state index in [4.69, 9.17) is 4.74 Å². The maximum atomic E-state index is 11.6. The summed E-state index contributed by atoms with van der Waals surface area (Å²) in [6.45, 7) is 5.72. The molecule has 0 bridgehead atoms. The molecule has 2 heterocycles. The summed E-state index contributed by atoms with van der Waals surface area (Å²) in [6, 6.07) is 0.207. The zero-order valence-electron chi connectivity index (χ0n) is 8.75. The number of amides is 1. The van der Waals surface area contributed by atoms with Crippen LogP contribution in [0.5, 0.6) is 0 Å². The number of hydrogen-bond donors (Lipinski definition) is 2. The first-order valence-corrected chi connectivity index (χ1v) is 5.33. The number of ether oxygens (including phenoxy) is 1. The van der Waals surface area contributed by atoms with E-state index >= 15 is 0 Å². The molecule has 0 aromatic heterocycles. The lowest BCUT2D eigenvalue weighted by Gasteiger charge is -2.28. The van der Waals surface area contributed by atoms with Crippen LogP contribution in [0.1, 0.15) is 20.3 Å². The maximum Gasteiger partial charge on any atom is 0.225 e. The molecule has 2 saturated heterocycles. The summed E-state index contributed by atoms with van der Waals surface area (Å²) in [5, 5.41) is 6.15. The van der Waals surface area contributed by atoms with E-state index in [9.17, 15) is 4.79 Å². The predicted molar refractivity (Wildman–Crippen MR) is 52.9 cm³/mol. The molecule has 3 atom stereocenters. The highest BCUT2D eigenvalue weighted by molar-refractivity contribution is 5.80. The Labute approximate surface area is 84.4 Å². The van der Waals surface area contributed by atoms with Gasteiger partial charge in [0.25, 0.3) is 0 Å². The molecule has 0 spiro atoms. The third-order valence-corrected chi connectivity index (χ3v) is 3.08. The summed E-state index contributed by atoms with van der Waals surface area (Å²) < 4.78 is 5.58. The fourth-order valence-electron chi connectivity index (χ4n) is 2.02. The SMILES string of the molecule is CC1CC(NC(=O)C2CNC2)C(C)O1. The number of carbonyl (C=O) groups excluding carboxylic acids is 1. The van der Waals surface area contributed by atoms with Crippen LogP contribution in [0.4, 0.5) is 0 Å². The Hall–Kier alpha value is -0.610. The Morgan fingerprint density at radius 3 is 2.57 bits per heavy atom. The fourth-order valence-corrected chi connectivity index (χ4v) is 2.02. The lowest BCUT2D eigenvalue weighted by atomic mass is 10.0. The highest BCUT2D eigenvalue weighted by Gasteiger charge is 2.33. The van der Waals surface area contributed by atoms with Crippen molar-refractivity contribution in [2.24, 2.45) is 5.92 Å². The summed E-state index contributed by atoms with van der Waals surface area (Å²) in [4.78, 5) is 11.6. The van der Waals surface area contributed by atoms with Gasteiger partial charge in [-0.25, -0.2) is 0 Å². The van der Waals surface area contributed by atoms with Crippen LogP contribution in [0, 0.1) is 5.92 Å². The Bertz CT molecular complexity index is 228. The molecule has 0 saturated carbocycles. The monoisotopic (exact) mass is 198 g/mol. The van der Waals surface area contributed by atoms with Crippen molar-refractivity contribution in [3.8, 4) is 0 Å². The minimum atomic E-state index is 0.155. The van der Waals surface area contributed by atoms with Crippen molar-refractivity contribution in [1.29, 1.82) is 0 Å². The van der Waals surface area contributed by atoms with E-state index in [-0.39, 0.29) is 30.1 Å². The molecule has 2 rings (SSSR count). The second-order valence-electron chi connectivity index (χ2n) is 4.36. The van der Waals surface area contributed by atoms with E-state index in [1.54, 1.807) is 0 Å². The van der Waals surface area contributed by atoms with Gasteiger partial charge in [0, 0.05) is 13.1 Å². The molecule has 80 valence electrons. The number of rotatable bonds is 2. The highest BCUT2D eigenvalue weighted by Crippen LogP contribution is 2.20. The van der Waals surface area contributed by atoms with E-state index in [0.29, 0.717) is 0 Å². The van der Waals surface area contributed by atoms with Crippen LogP contribution >= 0.6 is 0 Å². The normalized spacial score (nSPS) is 38.0. The molecular formula is C10H18N2O2. The average molecular weight is 198 g/mol. The topological polar surface area (TPSA) is 50.4 Å². The summed E-state index contributed by atoms with van der Waals surface area (Å²) in [6.07, 6.45) is 1.37. The van der Waals surface area contributed by atoms with E-state index in [1.807, 2.05) is 13.8 Å². The standard InChI is InChI=1S/C10H18N2O2/c1-6-3-9(7(2)14-6)12-10(13)8-4-11-5-8/h6-9,11H,3-5H2,1-2H3,(H,12,13). The lowest BCUT2D eigenvalue weighted by molar-refractivity contribution is -0.127. The summed E-state index contributed by atoms with van der Waals surface area (Å²) in [7, 11) is 0. The van der Waals surface area contributed by atoms with Gasteiger partial charge in [0.15, 0.2) is 0 Å². The summed E-state index contributed by atoms with van der Waals surface area (Å²) in [5.74, 6) is 0.358. The van der Waals surface area contributed by atoms with Crippen molar-refractivity contribution < 1.29 is 9.53 Å². The van der Waals surface area contributed by atoms with Crippen molar-refractivity contribution in [3.05, 3.63) is 0 Å². The first kappa shape index (κ1) is 9.93. The predicted octanol–water partition coefficient (Wildman–Crippen LogP) is -0.112. The number of carbonyl (C=O) groups is 1. The van der Waals surface area contributed by atoms with Crippen LogP contribution in [-0.4, -0.2) is 37.2 Å². The lowest BCUT2D eigenvalue weighted by Crippen LogP contribution is -2.53. The molecule has 2 N–H and O–H groups in total. The van der Waals surface area contributed by atoms with Crippen LogP contribution in [-0.2, 0) is 9.53 Å². The van der Waals surface area contributed by atoms with Gasteiger partial charge in [-0.1, -0.05) is 0 Å². The summed E-state index contributed by atoms with van der Waals surface area (Å²) in [5.41, 5.74) is 0. The average Bonchev–Trinajstić information content (AvgIpc) is 2.26. The van der Waals surface area contributed by atoms with Gasteiger partial charge in [-0.3, -0.25) is 4.79 Å². The highest BCUT2D eigenvalue weighted by atomic mass is 16.5. The van der Waals surface area contributed by atoms with Crippen molar-refractivity contribution in [1.82, 2.24) is 10.6 Å². The van der Waals surface area contributed by atoms with E-state index in [0.717, 1.165) is 19.5 Å². The third-order valence-electron chi connectivity index (χ3n) is 3.08. The first-order valence-electron chi connectivity index (χ1n) is 5.33. The molecule has 0 radical (unpaired) electrons. The van der Waals surface area contributed by atoms with Gasteiger partial charge in [-0.05, 0) is 20.3 Å². The van der Waals surface area contributed by atoms with Crippen molar-refractivity contribution in [2.45, 2.75) is 38.5 Å². The molecule has 4 heteroatoms. The fraction of sp³-hybridized carbons (Fsp3) is 0.900. The smallest absolute Gasteiger partial charge is 0.225 e. The van der Waals surface area contributed by atoms with Crippen molar-refractivity contribution in [3.63, 3.8) is 0 Å². The van der Waals surface area contributed by atoms with Crippen LogP contribution in [0.3, 0.4) is 0 Å². The molecule has 2 aliphatic rings. The van der Waals surface area contributed by atoms with Crippen LogP contribution < -0.4 is 10.6 Å². The maximum absolute atomic E-state index is 11.6. The molecule has 1 amide bonds. The third kappa shape index (κ3) is 1.91. The van der Waals surface area contributed by atoms with Gasteiger partial charge in [0.1, 0.15) is 0 Å². The second-order valence-corrected chi connectivity index (χ2v) is 4.36. The van der Waals surface area contributed by atoms with E-state index < -0.39 is 0 Å². The van der Waals surface area contributed by atoms with E-state index in [1.165, 1.54) is 0 Å². The Morgan fingerprint density at radius 2 is 2.14 bits per heavy atom. The molecular weight excluding hydrogens is 180 g/mol. The van der Waals surface area contributed by atoms with Gasteiger partial charge in [0.05, 0.1) is 24.2 Å². The van der Waals surface area contributed by atoms with Gasteiger partial charge >= 0.3 is 0 Å². The van der Waals surface area contributed by atoms with Gasteiger partial charge in [-0.2, -0.15) is 0 Å². The van der Waals surface area contributed by atoms with Crippen molar-refractivity contribution in [2.75, 3.05) is 13.1 Å². The van der Waals surface area contributed by atoms with Crippen molar-refractivity contribution >= 4 is 5.91 Å². The van der Waals surface area contributed by atoms with E-state index in [2.05, 4.69) is 10.6 Å². The van der Waals surface area contributed by atoms with Crippen LogP contribution in [0.15, 0.2) is 0 Å². The molecule has 3 unspecified atom stereocenters. The molecule has 14 heavy (non-hydrogen) atoms. The first-order chi connectivity index (χ1) is 6.66. The number of nitrogens with one attached hydrogen (secondary N) is 2. The molecule has 0 aromatic carbocycles. The Balaban J connectivity index is 1.81. The van der Waals surface area contributed by atoms with Crippen LogP contribution in [0.2, 0.25) is 0 Å². The van der Waals surface area contributed by atoms with Gasteiger partial charge in [0.2, 0.25) is 5.91 Å². The van der Waals surface area contributed by atoms with Crippen LogP contribution in [0.25, 0.3) is 0 Å². The van der Waals surface area contributed by atoms with Gasteiger partial charge in [-0.15, -0.1) is 0 Å². The minimum Gasteiger partial charge on any atom is -0.373 e. The molecule has 0 aliphatic carbocycles. The zero-order chi connectivity index (χ0) is 10.1. The molecule has 2 fully saturated rings. The minimum absolute atomic E-state index is 0.155.